The third kappa shape index (κ3) is 3.55. The molecule has 4 heteroatoms. The number of aryl methyl sites for hydroxylation is 1. The zero-order valence-electron chi connectivity index (χ0n) is 11.3. The number of anilines is 1. The van der Waals surface area contributed by atoms with Gasteiger partial charge in [-0.05, 0) is 43.5 Å². The molecule has 1 aliphatic rings. The van der Waals surface area contributed by atoms with Gasteiger partial charge in [-0.25, -0.2) is 0 Å². The Morgan fingerprint density at radius 2 is 2.16 bits per heavy atom. The summed E-state index contributed by atoms with van der Waals surface area (Å²) in [6.07, 6.45) is 3.10. The number of aliphatic hydroxyl groups is 1. The van der Waals surface area contributed by atoms with E-state index in [1.807, 2.05) is 25.1 Å². The van der Waals surface area contributed by atoms with Gasteiger partial charge in [-0.3, -0.25) is 4.79 Å². The third-order valence-electron chi connectivity index (χ3n) is 3.58. The molecular weight excluding hydrogens is 242 g/mol. The molecule has 0 unspecified atom stereocenters. The Bertz CT molecular complexity index is 425. The van der Waals surface area contributed by atoms with Crippen LogP contribution in [0.4, 0.5) is 5.69 Å². The third-order valence-corrected chi connectivity index (χ3v) is 3.58. The first kappa shape index (κ1) is 14.0. The highest BCUT2D eigenvalue weighted by Crippen LogP contribution is 2.25. The highest BCUT2D eigenvalue weighted by Gasteiger charge is 2.20. The van der Waals surface area contributed by atoms with E-state index in [-0.39, 0.29) is 12.7 Å². The Labute approximate surface area is 114 Å². The first-order chi connectivity index (χ1) is 9.24. The molecule has 0 amide bonds. The van der Waals surface area contributed by atoms with Gasteiger partial charge in [-0.1, -0.05) is 0 Å². The quantitative estimate of drug-likeness (QED) is 0.823. The number of benzene rings is 1. The Kier molecular flexibility index (Phi) is 4.93. The van der Waals surface area contributed by atoms with Crippen LogP contribution in [0.3, 0.4) is 0 Å². The van der Waals surface area contributed by atoms with Gasteiger partial charge < -0.3 is 14.7 Å². The molecule has 0 bridgehead atoms. The van der Waals surface area contributed by atoms with Crippen LogP contribution in [0.1, 0.15) is 28.8 Å². The van der Waals surface area contributed by atoms with E-state index in [0.717, 1.165) is 43.3 Å². The first-order valence-electron chi connectivity index (χ1n) is 6.78. The van der Waals surface area contributed by atoms with Gasteiger partial charge in [-0.2, -0.15) is 0 Å². The normalized spacial score (nSPS) is 16.6. The lowest BCUT2D eigenvalue weighted by molar-refractivity contribution is 0.0159. The van der Waals surface area contributed by atoms with E-state index >= 15 is 0 Å². The molecule has 0 aromatic heterocycles. The van der Waals surface area contributed by atoms with Gasteiger partial charge in [0.1, 0.15) is 6.29 Å². The Hall–Kier alpha value is -1.39. The van der Waals surface area contributed by atoms with Crippen LogP contribution in [0.15, 0.2) is 18.2 Å². The van der Waals surface area contributed by atoms with Gasteiger partial charge in [0, 0.05) is 24.3 Å². The Balaban J connectivity index is 1.95. The summed E-state index contributed by atoms with van der Waals surface area (Å²) in [5.74, 6) is 0. The second-order valence-corrected chi connectivity index (χ2v) is 4.94. The molecule has 0 atom stereocenters. The van der Waals surface area contributed by atoms with Crippen molar-refractivity contribution in [2.45, 2.75) is 25.9 Å². The van der Waals surface area contributed by atoms with Crippen molar-refractivity contribution >= 4 is 12.0 Å². The summed E-state index contributed by atoms with van der Waals surface area (Å²) in [5.41, 5.74) is 3.06. The minimum atomic E-state index is 0.0898. The van der Waals surface area contributed by atoms with Crippen LogP contribution in [0.25, 0.3) is 0 Å². The van der Waals surface area contributed by atoms with E-state index in [0.29, 0.717) is 6.61 Å². The van der Waals surface area contributed by atoms with Crippen LogP contribution in [-0.2, 0) is 4.74 Å². The summed E-state index contributed by atoms with van der Waals surface area (Å²) in [5, 5.41) is 8.75. The Morgan fingerprint density at radius 3 is 2.74 bits per heavy atom. The molecule has 0 radical (unpaired) electrons. The molecule has 0 saturated carbocycles. The molecule has 19 heavy (non-hydrogen) atoms. The van der Waals surface area contributed by atoms with E-state index in [9.17, 15) is 4.79 Å². The number of carbonyl (C=O) groups is 1. The maximum atomic E-state index is 10.7. The van der Waals surface area contributed by atoms with Crippen molar-refractivity contribution in [3.05, 3.63) is 29.3 Å². The number of aldehydes is 1. The van der Waals surface area contributed by atoms with Gasteiger partial charge >= 0.3 is 0 Å². The van der Waals surface area contributed by atoms with Crippen molar-refractivity contribution in [2.24, 2.45) is 0 Å². The van der Waals surface area contributed by atoms with Crippen molar-refractivity contribution < 1.29 is 14.6 Å². The second kappa shape index (κ2) is 6.68. The van der Waals surface area contributed by atoms with Gasteiger partial charge in [0.05, 0.1) is 19.3 Å². The molecule has 1 heterocycles. The highest BCUT2D eigenvalue weighted by molar-refractivity contribution is 5.77. The molecule has 104 valence electrons. The average Bonchev–Trinajstić information content (AvgIpc) is 2.45. The van der Waals surface area contributed by atoms with Crippen LogP contribution in [-0.4, -0.2) is 43.8 Å². The molecule has 1 N–H and O–H groups in total. The largest absolute Gasteiger partial charge is 0.394 e. The van der Waals surface area contributed by atoms with Gasteiger partial charge in [0.2, 0.25) is 0 Å². The lowest BCUT2D eigenvalue weighted by Crippen LogP contribution is -2.37. The molecular formula is C15H21NO3. The Morgan fingerprint density at radius 1 is 1.42 bits per heavy atom. The number of piperidine rings is 1. The predicted molar refractivity (Wildman–Crippen MR) is 74.8 cm³/mol. The number of hydrogen-bond acceptors (Lipinski definition) is 4. The molecule has 4 nitrogen and oxygen atoms in total. The number of rotatable bonds is 5. The number of aliphatic hydroxyl groups excluding tert-OH is 1. The summed E-state index contributed by atoms with van der Waals surface area (Å²) >= 11 is 0. The zero-order chi connectivity index (χ0) is 13.7. The fraction of sp³-hybridized carbons (Fsp3) is 0.533. The summed E-state index contributed by atoms with van der Waals surface area (Å²) in [6, 6.07) is 5.81. The average molecular weight is 263 g/mol. The van der Waals surface area contributed by atoms with Crippen LogP contribution in [0.2, 0.25) is 0 Å². The first-order valence-corrected chi connectivity index (χ1v) is 6.78. The molecule has 1 aromatic carbocycles. The lowest BCUT2D eigenvalue weighted by atomic mass is 10.0. The SMILES string of the molecule is Cc1cc(C=O)ccc1N1CCC(OCCO)CC1. The van der Waals surface area contributed by atoms with Gasteiger partial charge in [0.25, 0.3) is 0 Å². The van der Waals surface area contributed by atoms with Crippen LogP contribution < -0.4 is 4.90 Å². The standard InChI is InChI=1S/C15H21NO3/c1-12-10-13(11-18)2-3-15(12)16-6-4-14(5-7-16)19-9-8-17/h2-3,10-11,14,17H,4-9H2,1H3. The molecule has 1 aliphatic heterocycles. The van der Waals surface area contributed by atoms with E-state index in [1.165, 1.54) is 5.69 Å². The molecule has 2 rings (SSSR count). The number of nitrogens with zero attached hydrogens (tertiary/aromatic N) is 1. The van der Waals surface area contributed by atoms with Crippen LogP contribution >= 0.6 is 0 Å². The minimum absolute atomic E-state index is 0.0898. The van der Waals surface area contributed by atoms with Crippen molar-refractivity contribution in [1.82, 2.24) is 0 Å². The van der Waals surface area contributed by atoms with E-state index in [4.69, 9.17) is 9.84 Å². The summed E-state index contributed by atoms with van der Waals surface area (Å²) < 4.78 is 5.56. The maximum Gasteiger partial charge on any atom is 0.150 e. The topological polar surface area (TPSA) is 49.8 Å². The molecule has 1 aromatic rings. The molecule has 1 saturated heterocycles. The highest BCUT2D eigenvalue weighted by atomic mass is 16.5. The summed E-state index contributed by atoms with van der Waals surface area (Å²) in [4.78, 5) is 13.1. The monoisotopic (exact) mass is 263 g/mol. The summed E-state index contributed by atoms with van der Waals surface area (Å²) in [7, 11) is 0. The smallest absolute Gasteiger partial charge is 0.150 e. The van der Waals surface area contributed by atoms with E-state index in [2.05, 4.69) is 4.90 Å². The molecule has 0 spiro atoms. The van der Waals surface area contributed by atoms with Crippen molar-refractivity contribution in [2.75, 3.05) is 31.2 Å². The number of ether oxygens (including phenoxy) is 1. The number of carbonyl (C=O) groups excluding carboxylic acids is 1. The summed E-state index contributed by atoms with van der Waals surface area (Å²) in [6.45, 7) is 4.47. The van der Waals surface area contributed by atoms with Crippen molar-refractivity contribution in [3.63, 3.8) is 0 Å². The van der Waals surface area contributed by atoms with E-state index < -0.39 is 0 Å². The van der Waals surface area contributed by atoms with E-state index in [1.54, 1.807) is 0 Å². The fourth-order valence-electron chi connectivity index (χ4n) is 2.59. The zero-order valence-corrected chi connectivity index (χ0v) is 11.3. The predicted octanol–water partition coefficient (Wildman–Crippen LogP) is 1.79. The fourth-order valence-corrected chi connectivity index (χ4v) is 2.59. The molecule has 0 aliphatic carbocycles. The lowest BCUT2D eigenvalue weighted by Gasteiger charge is -2.34. The number of hydrogen-bond donors (Lipinski definition) is 1. The van der Waals surface area contributed by atoms with Crippen LogP contribution in [0, 0.1) is 6.92 Å². The minimum Gasteiger partial charge on any atom is -0.394 e. The van der Waals surface area contributed by atoms with Crippen molar-refractivity contribution in [1.29, 1.82) is 0 Å². The molecule has 1 fully saturated rings. The second-order valence-electron chi connectivity index (χ2n) is 4.94. The van der Waals surface area contributed by atoms with Gasteiger partial charge in [0.15, 0.2) is 0 Å². The van der Waals surface area contributed by atoms with Crippen molar-refractivity contribution in [3.8, 4) is 0 Å². The van der Waals surface area contributed by atoms with Gasteiger partial charge in [-0.15, -0.1) is 0 Å². The maximum absolute atomic E-state index is 10.7. The van der Waals surface area contributed by atoms with Crippen LogP contribution in [0.5, 0.6) is 0 Å².